The fraction of sp³-hybridized carbons (Fsp3) is 0.333. The molecule has 1 nitrogen and oxygen atoms in total. The first kappa shape index (κ1) is 14.5. The molecule has 82 valence electrons. The molecule has 0 saturated heterocycles. The minimum absolute atomic E-state index is 0. The second-order valence-corrected chi connectivity index (χ2v) is 3.63. The third-order valence-electron chi connectivity index (χ3n) is 2.52. The van der Waals surface area contributed by atoms with E-state index >= 15 is 0 Å². The number of rotatable bonds is 1. The van der Waals surface area contributed by atoms with Gasteiger partial charge in [0, 0.05) is 12.2 Å². The van der Waals surface area contributed by atoms with Crippen molar-refractivity contribution >= 4 is 18.1 Å². The summed E-state index contributed by atoms with van der Waals surface area (Å²) in [5.74, 6) is -0.836. The van der Waals surface area contributed by atoms with Gasteiger partial charge in [0.2, 0.25) is 0 Å². The summed E-state index contributed by atoms with van der Waals surface area (Å²) in [5.41, 5.74) is -0.303. The van der Waals surface area contributed by atoms with Crippen LogP contribution in [-0.2, 0) is 6.42 Å². The van der Waals surface area contributed by atoms with E-state index in [2.05, 4.69) is 5.32 Å². The molecule has 0 fully saturated rings. The number of anilines is 1. The van der Waals surface area contributed by atoms with Crippen molar-refractivity contribution in [2.24, 2.45) is 0 Å². The molecule has 2 rings (SSSR count). The van der Waals surface area contributed by atoms with Crippen molar-refractivity contribution in [2.45, 2.75) is 12.8 Å². The molecule has 1 N–H and O–H groups in total. The van der Waals surface area contributed by atoms with Gasteiger partial charge in [0.15, 0.2) is 0 Å². The van der Waals surface area contributed by atoms with Crippen LogP contribution in [0.1, 0.15) is 12.0 Å². The Balaban J connectivity index is 0.00000128. The van der Waals surface area contributed by atoms with Crippen LogP contribution in [0, 0.1) is 5.82 Å². The van der Waals surface area contributed by atoms with E-state index in [1.165, 1.54) is 0 Å². The fourth-order valence-corrected chi connectivity index (χ4v) is 1.87. The van der Waals surface area contributed by atoms with Gasteiger partial charge in [0.25, 0.3) is 0 Å². The third kappa shape index (κ3) is 3.01. The Bertz CT molecular complexity index is 394. The Kier molecular flexibility index (Phi) is 4.89. The molecule has 0 amide bonds. The quantitative estimate of drug-likeness (QED) is 0.515. The summed E-state index contributed by atoms with van der Waals surface area (Å²) >= 11 is 0. The fourth-order valence-electron chi connectivity index (χ4n) is 1.87. The van der Waals surface area contributed by atoms with Crippen LogP contribution >= 0.6 is 0 Å². The van der Waals surface area contributed by atoms with Crippen molar-refractivity contribution in [2.75, 3.05) is 11.9 Å². The molecule has 1 aliphatic rings. The number of hydrogen-bond acceptors (Lipinski definition) is 1. The van der Waals surface area contributed by atoms with E-state index in [1.807, 2.05) is 0 Å². The van der Waals surface area contributed by atoms with Gasteiger partial charge < -0.3 is 18.3 Å². The van der Waals surface area contributed by atoms with Crippen molar-refractivity contribution < 1.29 is 68.7 Å². The summed E-state index contributed by atoms with van der Waals surface area (Å²) in [6.45, 7) is -4.53. The van der Waals surface area contributed by atoms with Crippen LogP contribution in [0.15, 0.2) is 12.1 Å². The van der Waals surface area contributed by atoms with Gasteiger partial charge in [-0.05, 0) is 18.9 Å². The Morgan fingerprint density at radius 2 is 1.88 bits per heavy atom. The first-order valence-electron chi connectivity index (χ1n) is 4.74. The minimum atomic E-state index is -5.13. The van der Waals surface area contributed by atoms with E-state index in [1.54, 1.807) is 0 Å². The number of benzene rings is 1. The maximum absolute atomic E-state index is 13.0. The number of nitrogens with one attached hydrogen (secondary N) is 1. The van der Waals surface area contributed by atoms with Crippen molar-refractivity contribution in [1.82, 2.24) is 0 Å². The van der Waals surface area contributed by atoms with E-state index in [0.717, 1.165) is 6.07 Å². The minimum Gasteiger partial charge on any atom is -0.445 e. The van der Waals surface area contributed by atoms with Crippen LogP contribution < -0.4 is 62.2 Å². The van der Waals surface area contributed by atoms with Gasteiger partial charge in [0.1, 0.15) is 5.82 Å². The summed E-state index contributed by atoms with van der Waals surface area (Å²) < 4.78 is 50.8. The van der Waals surface area contributed by atoms with Crippen molar-refractivity contribution in [3.8, 4) is 0 Å². The topological polar surface area (TPSA) is 12.0 Å². The molecule has 0 aromatic heterocycles. The molecule has 0 bridgehead atoms. The molecule has 1 heterocycles. The summed E-state index contributed by atoms with van der Waals surface area (Å²) in [6, 6.07) is 1.71. The van der Waals surface area contributed by atoms with Crippen molar-refractivity contribution in [3.63, 3.8) is 0 Å². The summed E-state index contributed by atoms with van der Waals surface area (Å²) in [4.78, 5) is 0. The molecule has 1 aromatic rings. The molecule has 0 saturated carbocycles. The molecule has 0 atom stereocenters. The van der Waals surface area contributed by atoms with E-state index in [9.17, 15) is 17.3 Å². The second-order valence-electron chi connectivity index (χ2n) is 3.63. The Labute approximate surface area is 133 Å². The summed E-state index contributed by atoms with van der Waals surface area (Å²) in [6.07, 6.45) is 1.01. The van der Waals surface area contributed by atoms with Gasteiger partial charge in [-0.15, -0.1) is 5.46 Å². The summed E-state index contributed by atoms with van der Waals surface area (Å²) in [7, 11) is 0. The first-order chi connectivity index (χ1) is 6.98. The SMILES string of the molecule is Fc1cc2c(c([B-](F)(F)F)c1)CCCN2.[K+]. The van der Waals surface area contributed by atoms with Crippen molar-refractivity contribution in [3.05, 3.63) is 23.5 Å². The molecular weight excluding hydrogens is 248 g/mol. The number of hydrogen-bond donors (Lipinski definition) is 1. The van der Waals surface area contributed by atoms with E-state index in [-0.39, 0.29) is 62.6 Å². The smallest absolute Gasteiger partial charge is 0.445 e. The second kappa shape index (κ2) is 5.39. The standard InChI is InChI=1S/C9H9BF4N.K/c11-6-4-8(10(12,13)14)7-2-1-3-15-9(7)5-6;/h4-5,15H,1-3H2;/q-1;+1. The van der Waals surface area contributed by atoms with Crippen LogP contribution in [0.2, 0.25) is 0 Å². The Morgan fingerprint density at radius 1 is 1.19 bits per heavy atom. The molecular formula is C9H9BF4KN. The zero-order valence-electron chi connectivity index (χ0n) is 8.87. The molecule has 0 spiro atoms. The van der Waals surface area contributed by atoms with Crippen LogP contribution in [0.4, 0.5) is 23.0 Å². The number of fused-ring (bicyclic) bond motifs is 1. The largest absolute Gasteiger partial charge is 1.00 e. The first-order valence-corrected chi connectivity index (χ1v) is 4.74. The van der Waals surface area contributed by atoms with Crippen LogP contribution in [0.25, 0.3) is 0 Å². The van der Waals surface area contributed by atoms with Gasteiger partial charge in [-0.25, -0.2) is 4.39 Å². The number of halogens is 4. The molecule has 0 unspecified atom stereocenters. The van der Waals surface area contributed by atoms with Gasteiger partial charge in [-0.3, -0.25) is 0 Å². The third-order valence-corrected chi connectivity index (χ3v) is 2.52. The van der Waals surface area contributed by atoms with Gasteiger partial charge >= 0.3 is 58.4 Å². The van der Waals surface area contributed by atoms with E-state index in [0.29, 0.717) is 25.5 Å². The van der Waals surface area contributed by atoms with Crippen LogP contribution in [0.3, 0.4) is 0 Å². The predicted octanol–water partition coefficient (Wildman–Crippen LogP) is -0.758. The van der Waals surface area contributed by atoms with Crippen LogP contribution in [-0.4, -0.2) is 13.5 Å². The van der Waals surface area contributed by atoms with Crippen LogP contribution in [0.5, 0.6) is 0 Å². The van der Waals surface area contributed by atoms with E-state index in [4.69, 9.17) is 0 Å². The molecule has 0 aliphatic carbocycles. The molecule has 1 aliphatic heterocycles. The monoisotopic (exact) mass is 257 g/mol. The van der Waals surface area contributed by atoms with E-state index < -0.39 is 18.3 Å². The molecule has 7 heteroatoms. The molecule has 1 aromatic carbocycles. The zero-order chi connectivity index (χ0) is 11.1. The Morgan fingerprint density at radius 3 is 2.50 bits per heavy atom. The Hall–Kier alpha value is 0.441. The average Bonchev–Trinajstić information content (AvgIpc) is 2.15. The summed E-state index contributed by atoms with van der Waals surface area (Å²) in [5, 5.41) is 2.79. The van der Waals surface area contributed by atoms with Gasteiger partial charge in [0.05, 0.1) is 0 Å². The maximum Gasteiger partial charge on any atom is 1.00 e. The predicted molar refractivity (Wildman–Crippen MR) is 51.9 cm³/mol. The normalized spacial score (nSPS) is 14.8. The molecule has 16 heavy (non-hydrogen) atoms. The maximum atomic E-state index is 13.0. The average molecular weight is 257 g/mol. The van der Waals surface area contributed by atoms with Crippen molar-refractivity contribution in [1.29, 1.82) is 0 Å². The van der Waals surface area contributed by atoms with Gasteiger partial charge in [-0.1, -0.05) is 11.6 Å². The zero-order valence-corrected chi connectivity index (χ0v) is 12.0. The van der Waals surface area contributed by atoms with Gasteiger partial charge in [-0.2, -0.15) is 0 Å². The molecule has 0 radical (unpaired) electrons.